The largest absolute Gasteiger partial charge is 0.396 e. The van der Waals surface area contributed by atoms with Crippen LogP contribution < -0.4 is 5.32 Å². The molecule has 0 radical (unpaired) electrons. The molecule has 0 fully saturated rings. The van der Waals surface area contributed by atoms with Gasteiger partial charge in [-0.2, -0.15) is 0 Å². The van der Waals surface area contributed by atoms with E-state index in [1.807, 2.05) is 19.2 Å². The highest BCUT2D eigenvalue weighted by atomic mass is 32.1. The number of hydrogen-bond acceptors (Lipinski definition) is 4. The molecule has 5 heteroatoms. The molecule has 0 aliphatic carbocycles. The third-order valence-electron chi connectivity index (χ3n) is 3.97. The third kappa shape index (κ3) is 5.73. The number of thiazole rings is 1. The molecule has 2 aromatic rings. The number of carbonyl (C=O) groups is 1. The number of hydrogen-bond donors (Lipinski definition) is 2. The number of nitrogens with zero attached hydrogens (tertiary/aromatic N) is 1. The molecule has 24 heavy (non-hydrogen) atoms. The summed E-state index contributed by atoms with van der Waals surface area (Å²) in [5.74, 6) is -0.00226. The van der Waals surface area contributed by atoms with Crippen molar-refractivity contribution < 1.29 is 9.90 Å². The molecule has 1 amide bonds. The first kappa shape index (κ1) is 18.6. The minimum atomic E-state index is -0.0808. The lowest BCUT2D eigenvalue weighted by molar-refractivity contribution is -0.120. The quantitative estimate of drug-likeness (QED) is 0.718. The Morgan fingerprint density at radius 3 is 2.67 bits per heavy atom. The lowest BCUT2D eigenvalue weighted by Crippen LogP contribution is -2.27. The van der Waals surface area contributed by atoms with Gasteiger partial charge in [0.15, 0.2) is 0 Å². The van der Waals surface area contributed by atoms with E-state index in [1.54, 1.807) is 11.3 Å². The van der Waals surface area contributed by atoms with Crippen LogP contribution in [0.3, 0.4) is 0 Å². The van der Waals surface area contributed by atoms with E-state index in [0.717, 1.165) is 29.1 Å². The first-order valence-corrected chi connectivity index (χ1v) is 9.16. The van der Waals surface area contributed by atoms with Gasteiger partial charge in [0.25, 0.3) is 0 Å². The zero-order chi connectivity index (χ0) is 17.6. The molecule has 130 valence electrons. The Balaban J connectivity index is 1.79. The lowest BCUT2D eigenvalue weighted by Gasteiger charge is -2.21. The predicted octanol–water partition coefficient (Wildman–Crippen LogP) is 3.58. The predicted molar refractivity (Wildman–Crippen MR) is 99.1 cm³/mol. The van der Waals surface area contributed by atoms with Crippen molar-refractivity contribution in [3.63, 3.8) is 0 Å². The van der Waals surface area contributed by atoms with Gasteiger partial charge in [0.1, 0.15) is 5.01 Å². The van der Waals surface area contributed by atoms with Crippen molar-refractivity contribution in [3.05, 3.63) is 40.9 Å². The maximum Gasteiger partial charge on any atom is 0.226 e. The molecule has 0 aliphatic rings. The summed E-state index contributed by atoms with van der Waals surface area (Å²) in [6.07, 6.45) is 2.06. The minimum absolute atomic E-state index is 0.00226. The summed E-state index contributed by atoms with van der Waals surface area (Å²) in [4.78, 5) is 16.6. The van der Waals surface area contributed by atoms with Gasteiger partial charge in [0, 0.05) is 24.1 Å². The van der Waals surface area contributed by atoms with Crippen molar-refractivity contribution >= 4 is 17.2 Å². The van der Waals surface area contributed by atoms with Gasteiger partial charge in [-0.05, 0) is 25.2 Å². The molecule has 0 bridgehead atoms. The van der Waals surface area contributed by atoms with Crippen LogP contribution in [-0.4, -0.2) is 29.1 Å². The number of aliphatic hydroxyl groups is 1. The average Bonchev–Trinajstić information content (AvgIpc) is 3.01. The van der Waals surface area contributed by atoms with E-state index in [2.05, 4.69) is 41.5 Å². The molecule has 0 aliphatic heterocycles. The molecule has 0 unspecified atom stereocenters. The number of nitrogens with one attached hydrogen (secondary N) is 1. The topological polar surface area (TPSA) is 62.2 Å². The Kier molecular flexibility index (Phi) is 6.52. The zero-order valence-electron chi connectivity index (χ0n) is 14.6. The fraction of sp³-hybridized carbons (Fsp3) is 0.474. The first-order valence-electron chi connectivity index (χ1n) is 8.29. The molecule has 0 saturated heterocycles. The molecule has 4 nitrogen and oxygen atoms in total. The highest BCUT2D eigenvalue weighted by molar-refractivity contribution is 7.13. The van der Waals surface area contributed by atoms with Gasteiger partial charge in [0.05, 0.1) is 12.1 Å². The number of carbonyl (C=O) groups excluding carboxylic acids is 1. The summed E-state index contributed by atoms with van der Waals surface area (Å²) in [6, 6.07) is 8.25. The highest BCUT2D eigenvalue weighted by Gasteiger charge is 2.15. The molecule has 1 heterocycles. The summed E-state index contributed by atoms with van der Waals surface area (Å²) in [5, 5.41) is 15.0. The van der Waals surface area contributed by atoms with Crippen LogP contribution in [0.1, 0.15) is 37.9 Å². The number of rotatable bonds is 8. The van der Waals surface area contributed by atoms with E-state index in [9.17, 15) is 9.90 Å². The fourth-order valence-electron chi connectivity index (χ4n) is 2.32. The second kappa shape index (κ2) is 8.40. The van der Waals surface area contributed by atoms with Crippen molar-refractivity contribution in [3.8, 4) is 10.6 Å². The van der Waals surface area contributed by atoms with Crippen LogP contribution in [0, 0.1) is 12.3 Å². The Labute approximate surface area is 148 Å². The highest BCUT2D eigenvalue weighted by Crippen LogP contribution is 2.24. The molecule has 0 saturated carbocycles. The maximum absolute atomic E-state index is 12.0. The van der Waals surface area contributed by atoms with E-state index in [1.165, 1.54) is 5.56 Å². The normalized spacial score (nSPS) is 11.5. The van der Waals surface area contributed by atoms with Crippen molar-refractivity contribution in [2.45, 2.75) is 40.0 Å². The molecule has 2 N–H and O–H groups in total. The molecule has 1 aromatic heterocycles. The molecular formula is C19H26N2O2S. The van der Waals surface area contributed by atoms with E-state index >= 15 is 0 Å². The van der Waals surface area contributed by atoms with Crippen molar-refractivity contribution in [2.24, 2.45) is 5.41 Å². The summed E-state index contributed by atoms with van der Waals surface area (Å²) in [5.41, 5.74) is 3.04. The Morgan fingerprint density at radius 2 is 2.00 bits per heavy atom. The monoisotopic (exact) mass is 346 g/mol. The Hall–Kier alpha value is -1.72. The summed E-state index contributed by atoms with van der Waals surface area (Å²) in [6.45, 7) is 6.91. The van der Waals surface area contributed by atoms with Crippen LogP contribution in [0.25, 0.3) is 10.6 Å². The number of aromatic nitrogens is 1. The SMILES string of the molecule is Cc1ccc(-c2nc(CC(=O)NCCCC(C)(C)CO)cs2)cc1. The van der Waals surface area contributed by atoms with E-state index in [0.29, 0.717) is 13.0 Å². The fourth-order valence-corrected chi connectivity index (χ4v) is 3.14. The number of aryl methyl sites for hydroxylation is 1. The molecule has 2 rings (SSSR count). The van der Waals surface area contributed by atoms with E-state index in [-0.39, 0.29) is 17.9 Å². The van der Waals surface area contributed by atoms with Gasteiger partial charge in [0.2, 0.25) is 5.91 Å². The number of benzene rings is 1. The molecule has 0 spiro atoms. The van der Waals surface area contributed by atoms with E-state index < -0.39 is 0 Å². The zero-order valence-corrected chi connectivity index (χ0v) is 15.4. The van der Waals surface area contributed by atoms with Crippen LogP contribution >= 0.6 is 11.3 Å². The van der Waals surface area contributed by atoms with Gasteiger partial charge < -0.3 is 10.4 Å². The van der Waals surface area contributed by atoms with Crippen molar-refractivity contribution in [2.75, 3.05) is 13.2 Å². The number of aliphatic hydroxyl groups excluding tert-OH is 1. The van der Waals surface area contributed by atoms with Crippen LogP contribution in [0.5, 0.6) is 0 Å². The minimum Gasteiger partial charge on any atom is -0.396 e. The van der Waals surface area contributed by atoms with Crippen LogP contribution in [0.2, 0.25) is 0 Å². The van der Waals surface area contributed by atoms with Gasteiger partial charge >= 0.3 is 0 Å². The summed E-state index contributed by atoms with van der Waals surface area (Å²) in [7, 11) is 0. The molecule has 1 aromatic carbocycles. The van der Waals surface area contributed by atoms with Crippen molar-refractivity contribution in [1.29, 1.82) is 0 Å². The van der Waals surface area contributed by atoms with Crippen LogP contribution in [0.4, 0.5) is 0 Å². The standard InChI is InChI=1S/C19H26N2O2S/c1-14-5-7-15(8-6-14)18-21-16(12-24-18)11-17(23)20-10-4-9-19(2,3)13-22/h5-8,12,22H,4,9-11,13H2,1-3H3,(H,20,23). The molecular weight excluding hydrogens is 320 g/mol. The Morgan fingerprint density at radius 1 is 1.29 bits per heavy atom. The first-order chi connectivity index (χ1) is 11.4. The lowest BCUT2D eigenvalue weighted by atomic mass is 9.89. The van der Waals surface area contributed by atoms with Crippen molar-refractivity contribution in [1.82, 2.24) is 10.3 Å². The maximum atomic E-state index is 12.0. The molecule has 0 atom stereocenters. The second-order valence-electron chi connectivity index (χ2n) is 6.96. The van der Waals surface area contributed by atoms with Gasteiger partial charge in [-0.25, -0.2) is 4.98 Å². The third-order valence-corrected chi connectivity index (χ3v) is 4.91. The van der Waals surface area contributed by atoms with Crippen LogP contribution in [0.15, 0.2) is 29.6 Å². The summed E-state index contributed by atoms with van der Waals surface area (Å²) < 4.78 is 0. The van der Waals surface area contributed by atoms with Crippen LogP contribution in [-0.2, 0) is 11.2 Å². The average molecular weight is 346 g/mol. The Bertz CT molecular complexity index is 662. The van der Waals surface area contributed by atoms with Gasteiger partial charge in [-0.3, -0.25) is 4.79 Å². The van der Waals surface area contributed by atoms with E-state index in [4.69, 9.17) is 0 Å². The number of amides is 1. The second-order valence-corrected chi connectivity index (χ2v) is 7.82. The summed E-state index contributed by atoms with van der Waals surface area (Å²) >= 11 is 1.57. The van der Waals surface area contributed by atoms with Gasteiger partial charge in [-0.1, -0.05) is 43.7 Å². The van der Waals surface area contributed by atoms with Gasteiger partial charge in [-0.15, -0.1) is 11.3 Å². The smallest absolute Gasteiger partial charge is 0.226 e.